The Morgan fingerprint density at radius 3 is 2.79 bits per heavy atom. The fraction of sp³-hybridized carbons (Fsp3) is 0.481. The lowest BCUT2D eigenvalue weighted by molar-refractivity contribution is -0.0618. The summed E-state index contributed by atoms with van der Waals surface area (Å²) < 4.78 is 6.08. The predicted octanol–water partition coefficient (Wildman–Crippen LogP) is 4.29. The second-order valence-electron chi connectivity index (χ2n) is 9.93. The van der Waals surface area contributed by atoms with E-state index in [1.807, 2.05) is 48.7 Å². The zero-order valence-corrected chi connectivity index (χ0v) is 19.9. The van der Waals surface area contributed by atoms with E-state index in [0.717, 1.165) is 49.0 Å². The van der Waals surface area contributed by atoms with Crippen LogP contribution in [0.2, 0.25) is 0 Å². The molecule has 1 aliphatic carbocycles. The zero-order valence-electron chi connectivity index (χ0n) is 19.9. The molecule has 0 radical (unpaired) electrons. The van der Waals surface area contributed by atoms with Gasteiger partial charge in [0.25, 0.3) is 5.91 Å². The average molecular weight is 462 g/mol. The van der Waals surface area contributed by atoms with Crippen LogP contribution in [0.15, 0.2) is 48.7 Å². The minimum absolute atomic E-state index is 0.00462. The van der Waals surface area contributed by atoms with Crippen LogP contribution >= 0.6 is 0 Å². The van der Waals surface area contributed by atoms with Gasteiger partial charge in [0.2, 0.25) is 0 Å². The second-order valence-corrected chi connectivity index (χ2v) is 9.93. The summed E-state index contributed by atoms with van der Waals surface area (Å²) in [6.07, 6.45) is 7.52. The Kier molecular flexibility index (Phi) is 6.83. The Labute approximate surface area is 201 Å². The number of carbonyl (C=O) groups excluding carboxylic acids is 1. The Morgan fingerprint density at radius 2 is 2.03 bits per heavy atom. The first-order valence-electron chi connectivity index (χ1n) is 12.5. The van der Waals surface area contributed by atoms with Crippen molar-refractivity contribution < 1.29 is 9.53 Å². The van der Waals surface area contributed by atoms with E-state index < -0.39 is 0 Å². The number of fused-ring (bicyclic) bond motifs is 1. The number of nitrogens with zero attached hydrogens (tertiary/aromatic N) is 2. The smallest absolute Gasteiger partial charge is 0.267 e. The minimum atomic E-state index is 0.00462. The van der Waals surface area contributed by atoms with E-state index in [2.05, 4.69) is 27.1 Å². The first-order valence-corrected chi connectivity index (χ1v) is 12.5. The molecule has 0 bridgehead atoms. The topological polar surface area (TPSA) is 96.3 Å². The summed E-state index contributed by atoms with van der Waals surface area (Å²) in [5, 5.41) is 4.32. The number of morpholine rings is 1. The van der Waals surface area contributed by atoms with E-state index >= 15 is 0 Å². The highest BCUT2D eigenvalue weighted by Gasteiger charge is 2.29. The van der Waals surface area contributed by atoms with Gasteiger partial charge in [0.1, 0.15) is 11.5 Å². The van der Waals surface area contributed by atoms with Crippen molar-refractivity contribution in [2.24, 2.45) is 5.92 Å². The molecule has 1 amide bonds. The molecule has 34 heavy (non-hydrogen) atoms. The molecule has 180 valence electrons. The standard InChI is InChI=1S/C27H35N5O2/c1-18-17-34-25(21-8-11-26(28)29-15-21)16-32(18)13-12-19-6-9-22(10-7-19)30-27(33)24-14-20-4-2-3-5-23(20)31-24/h2-5,8,11,14-15,18-19,22,25,31H,6-7,9-10,12-13,16-17H2,1H3,(H2,28,29)(H,30,33)/t18-,19-,22-,25+/m0/s1. The van der Waals surface area contributed by atoms with Crippen LogP contribution in [0.25, 0.3) is 10.9 Å². The van der Waals surface area contributed by atoms with Gasteiger partial charge in [0, 0.05) is 41.3 Å². The molecule has 1 saturated carbocycles. The number of nitrogens with two attached hydrogens (primary N) is 1. The van der Waals surface area contributed by atoms with E-state index in [0.29, 0.717) is 23.5 Å². The van der Waals surface area contributed by atoms with Crippen molar-refractivity contribution >= 4 is 22.6 Å². The monoisotopic (exact) mass is 461 g/mol. The van der Waals surface area contributed by atoms with Crippen LogP contribution in [0.5, 0.6) is 0 Å². The molecule has 1 saturated heterocycles. The van der Waals surface area contributed by atoms with E-state index in [-0.39, 0.29) is 18.1 Å². The number of ether oxygens (including phenoxy) is 1. The summed E-state index contributed by atoms with van der Waals surface area (Å²) in [5.74, 6) is 1.26. The molecule has 2 aliphatic rings. The number of carbonyl (C=O) groups is 1. The first kappa shape index (κ1) is 22.9. The van der Waals surface area contributed by atoms with Gasteiger partial charge in [-0.1, -0.05) is 24.3 Å². The summed E-state index contributed by atoms with van der Waals surface area (Å²) in [7, 11) is 0. The highest BCUT2D eigenvalue weighted by atomic mass is 16.5. The van der Waals surface area contributed by atoms with E-state index in [4.69, 9.17) is 10.5 Å². The molecule has 1 aliphatic heterocycles. The number of anilines is 1. The Bertz CT molecular complexity index is 1070. The van der Waals surface area contributed by atoms with Crippen molar-refractivity contribution in [3.05, 3.63) is 59.9 Å². The number of benzene rings is 1. The van der Waals surface area contributed by atoms with Crippen LogP contribution in [-0.2, 0) is 4.74 Å². The van der Waals surface area contributed by atoms with Crippen LogP contribution in [0.4, 0.5) is 5.82 Å². The summed E-state index contributed by atoms with van der Waals surface area (Å²) in [6, 6.07) is 14.5. The maximum atomic E-state index is 12.7. The highest BCUT2D eigenvalue weighted by molar-refractivity contribution is 5.98. The molecule has 2 fully saturated rings. The van der Waals surface area contributed by atoms with Crippen molar-refractivity contribution in [1.82, 2.24) is 20.2 Å². The number of rotatable bonds is 6. The van der Waals surface area contributed by atoms with Crippen LogP contribution in [0.1, 0.15) is 61.2 Å². The number of amides is 1. The normalized spacial score (nSPS) is 25.9. The van der Waals surface area contributed by atoms with Gasteiger partial charge < -0.3 is 20.8 Å². The molecule has 2 aromatic heterocycles. The predicted molar refractivity (Wildman–Crippen MR) is 135 cm³/mol. The first-order chi connectivity index (χ1) is 16.5. The molecule has 7 heteroatoms. The van der Waals surface area contributed by atoms with Crippen molar-refractivity contribution in [3.8, 4) is 0 Å². The maximum Gasteiger partial charge on any atom is 0.267 e. The summed E-state index contributed by atoms with van der Waals surface area (Å²) in [4.78, 5) is 22.7. The van der Waals surface area contributed by atoms with Gasteiger partial charge in [-0.2, -0.15) is 0 Å². The Balaban J connectivity index is 1.08. The van der Waals surface area contributed by atoms with Crippen molar-refractivity contribution in [2.75, 3.05) is 25.4 Å². The third-order valence-corrected chi connectivity index (χ3v) is 7.52. The average Bonchev–Trinajstić information content (AvgIpc) is 3.30. The lowest BCUT2D eigenvalue weighted by Crippen LogP contribution is -2.46. The van der Waals surface area contributed by atoms with E-state index in [1.165, 1.54) is 19.3 Å². The number of nitrogen functional groups attached to an aromatic ring is 1. The third kappa shape index (κ3) is 5.26. The fourth-order valence-corrected chi connectivity index (χ4v) is 5.33. The zero-order chi connectivity index (χ0) is 23.5. The van der Waals surface area contributed by atoms with Gasteiger partial charge in [-0.15, -0.1) is 0 Å². The SMILES string of the molecule is C[C@H]1CO[C@@H](c2ccc(N)nc2)CN1CC[C@H]1CC[C@H](NC(=O)c2cc3ccccc3[nH]2)CC1. The van der Waals surface area contributed by atoms with Crippen LogP contribution in [0, 0.1) is 5.92 Å². The molecule has 3 aromatic rings. The quantitative estimate of drug-likeness (QED) is 0.509. The van der Waals surface area contributed by atoms with Crippen molar-refractivity contribution in [2.45, 2.75) is 57.2 Å². The van der Waals surface area contributed by atoms with Gasteiger partial charge in [-0.05, 0) is 69.7 Å². The fourth-order valence-electron chi connectivity index (χ4n) is 5.33. The molecule has 5 rings (SSSR count). The molecule has 0 spiro atoms. The molecule has 1 aromatic carbocycles. The highest BCUT2D eigenvalue weighted by Crippen LogP contribution is 2.30. The largest absolute Gasteiger partial charge is 0.384 e. The van der Waals surface area contributed by atoms with Crippen molar-refractivity contribution in [1.29, 1.82) is 0 Å². The molecule has 7 nitrogen and oxygen atoms in total. The number of pyridine rings is 1. The number of H-pyrrole nitrogens is 1. The number of aromatic nitrogens is 2. The number of nitrogens with one attached hydrogen (secondary N) is 2. The molecule has 0 unspecified atom stereocenters. The van der Waals surface area contributed by atoms with Crippen LogP contribution in [0.3, 0.4) is 0 Å². The van der Waals surface area contributed by atoms with Crippen molar-refractivity contribution in [3.63, 3.8) is 0 Å². The number of aromatic amines is 1. The lowest BCUT2D eigenvalue weighted by Gasteiger charge is -2.39. The maximum absolute atomic E-state index is 12.7. The molecular weight excluding hydrogens is 426 g/mol. The van der Waals surface area contributed by atoms with E-state index in [1.54, 1.807) is 0 Å². The van der Waals surface area contributed by atoms with Gasteiger partial charge in [-0.25, -0.2) is 4.98 Å². The number of para-hydroxylation sites is 1. The third-order valence-electron chi connectivity index (χ3n) is 7.52. The van der Waals surface area contributed by atoms with Gasteiger partial charge >= 0.3 is 0 Å². The summed E-state index contributed by atoms with van der Waals surface area (Å²) in [5.41, 5.74) is 8.48. The summed E-state index contributed by atoms with van der Waals surface area (Å²) in [6.45, 7) is 4.96. The second kappa shape index (κ2) is 10.2. The molecule has 2 atom stereocenters. The minimum Gasteiger partial charge on any atom is -0.384 e. The number of hydrogen-bond donors (Lipinski definition) is 3. The Hall–Kier alpha value is -2.90. The van der Waals surface area contributed by atoms with Crippen LogP contribution < -0.4 is 11.1 Å². The van der Waals surface area contributed by atoms with Crippen LogP contribution in [-0.4, -0.2) is 52.6 Å². The molecule has 4 N–H and O–H groups in total. The summed E-state index contributed by atoms with van der Waals surface area (Å²) >= 11 is 0. The van der Waals surface area contributed by atoms with Gasteiger partial charge in [-0.3, -0.25) is 9.69 Å². The molecular formula is C27H35N5O2. The Morgan fingerprint density at radius 1 is 1.21 bits per heavy atom. The molecule has 3 heterocycles. The van der Waals surface area contributed by atoms with E-state index in [9.17, 15) is 4.79 Å². The lowest BCUT2D eigenvalue weighted by atomic mass is 9.84. The van der Waals surface area contributed by atoms with Gasteiger partial charge in [0.15, 0.2) is 0 Å². The number of hydrogen-bond acceptors (Lipinski definition) is 5. The van der Waals surface area contributed by atoms with Gasteiger partial charge in [0.05, 0.1) is 12.7 Å².